The lowest BCUT2D eigenvalue weighted by molar-refractivity contribution is -0.384. The SMILES string of the molecule is CC1CC(=O)NN=C1c1ccc(NCCN)c([N+](=O)[O-])c1. The zero-order chi connectivity index (χ0) is 15.4. The number of nitro benzene ring substituents is 1. The molecule has 112 valence electrons. The van der Waals surface area contributed by atoms with Crippen LogP contribution in [0.15, 0.2) is 23.3 Å². The van der Waals surface area contributed by atoms with Crippen molar-refractivity contribution in [3.05, 3.63) is 33.9 Å². The van der Waals surface area contributed by atoms with Crippen LogP contribution in [-0.4, -0.2) is 29.6 Å². The number of benzene rings is 1. The van der Waals surface area contributed by atoms with E-state index < -0.39 is 4.92 Å². The molecule has 1 aliphatic rings. The van der Waals surface area contributed by atoms with Crippen molar-refractivity contribution in [3.8, 4) is 0 Å². The molecule has 0 bridgehead atoms. The minimum atomic E-state index is -0.449. The molecule has 2 rings (SSSR count). The Bertz CT molecular complexity index is 599. The van der Waals surface area contributed by atoms with Gasteiger partial charge in [-0.15, -0.1) is 0 Å². The first-order chi connectivity index (χ1) is 10.0. The molecule has 1 aromatic carbocycles. The maximum Gasteiger partial charge on any atom is 0.292 e. The zero-order valence-corrected chi connectivity index (χ0v) is 11.6. The first kappa shape index (κ1) is 14.9. The van der Waals surface area contributed by atoms with Gasteiger partial charge in [-0.1, -0.05) is 13.0 Å². The molecule has 8 heteroatoms. The Morgan fingerprint density at radius 1 is 1.57 bits per heavy atom. The van der Waals surface area contributed by atoms with E-state index in [0.29, 0.717) is 36.5 Å². The number of nitrogens with zero attached hydrogens (tertiary/aromatic N) is 2. The lowest BCUT2D eigenvalue weighted by Crippen LogP contribution is -2.32. The zero-order valence-electron chi connectivity index (χ0n) is 11.6. The Kier molecular flexibility index (Phi) is 4.49. The van der Waals surface area contributed by atoms with E-state index in [2.05, 4.69) is 15.8 Å². The molecule has 1 amide bonds. The number of nitrogens with one attached hydrogen (secondary N) is 2. The standard InChI is InChI=1S/C13H17N5O3/c1-8-6-12(19)16-17-13(8)9-2-3-10(15-5-4-14)11(7-9)18(20)21/h2-3,7-8,15H,4-6,14H2,1H3,(H,16,19). The summed E-state index contributed by atoms with van der Waals surface area (Å²) in [6.45, 7) is 2.70. The number of rotatable bonds is 5. The molecule has 1 aromatic rings. The van der Waals surface area contributed by atoms with Crippen LogP contribution in [-0.2, 0) is 4.79 Å². The summed E-state index contributed by atoms with van der Waals surface area (Å²) in [6, 6.07) is 4.85. The molecule has 0 aliphatic carbocycles. The number of carbonyl (C=O) groups is 1. The smallest absolute Gasteiger partial charge is 0.292 e. The van der Waals surface area contributed by atoms with Crippen LogP contribution >= 0.6 is 0 Å². The number of hydrazone groups is 1. The fourth-order valence-corrected chi connectivity index (χ4v) is 2.20. The van der Waals surface area contributed by atoms with Crippen LogP contribution in [0.5, 0.6) is 0 Å². The topological polar surface area (TPSA) is 123 Å². The van der Waals surface area contributed by atoms with Crippen molar-refractivity contribution in [1.82, 2.24) is 5.43 Å². The van der Waals surface area contributed by atoms with Gasteiger partial charge in [-0.05, 0) is 6.07 Å². The summed E-state index contributed by atoms with van der Waals surface area (Å²) in [5, 5.41) is 18.1. The fraction of sp³-hybridized carbons (Fsp3) is 0.385. The second-order valence-electron chi connectivity index (χ2n) is 4.84. The van der Waals surface area contributed by atoms with E-state index in [1.165, 1.54) is 6.07 Å². The van der Waals surface area contributed by atoms with Crippen LogP contribution in [0.4, 0.5) is 11.4 Å². The summed E-state index contributed by atoms with van der Waals surface area (Å²) < 4.78 is 0. The Morgan fingerprint density at radius 3 is 2.95 bits per heavy atom. The van der Waals surface area contributed by atoms with E-state index in [1.807, 2.05) is 6.92 Å². The van der Waals surface area contributed by atoms with Crippen molar-refractivity contribution < 1.29 is 9.72 Å². The minimum absolute atomic E-state index is 0.0345. The van der Waals surface area contributed by atoms with Crippen molar-refractivity contribution in [2.75, 3.05) is 18.4 Å². The lowest BCUT2D eigenvalue weighted by Gasteiger charge is -2.19. The van der Waals surface area contributed by atoms with Gasteiger partial charge in [0.05, 0.1) is 10.6 Å². The molecule has 1 heterocycles. The molecule has 0 aromatic heterocycles. The molecule has 8 nitrogen and oxygen atoms in total. The predicted molar refractivity (Wildman–Crippen MR) is 79.1 cm³/mol. The van der Waals surface area contributed by atoms with Crippen molar-refractivity contribution in [3.63, 3.8) is 0 Å². The molecule has 0 saturated heterocycles. The Labute approximate surface area is 121 Å². The van der Waals surface area contributed by atoms with Crippen molar-refractivity contribution in [2.24, 2.45) is 16.8 Å². The third kappa shape index (κ3) is 3.34. The van der Waals surface area contributed by atoms with E-state index >= 15 is 0 Å². The second kappa shape index (κ2) is 6.31. The van der Waals surface area contributed by atoms with Gasteiger partial charge in [-0.25, -0.2) is 5.43 Å². The van der Waals surface area contributed by atoms with E-state index in [4.69, 9.17) is 5.73 Å². The summed E-state index contributed by atoms with van der Waals surface area (Å²) in [4.78, 5) is 22.0. The van der Waals surface area contributed by atoms with E-state index in [0.717, 1.165) is 0 Å². The molecule has 0 saturated carbocycles. The highest BCUT2D eigenvalue weighted by Crippen LogP contribution is 2.27. The van der Waals surface area contributed by atoms with Crippen molar-refractivity contribution in [1.29, 1.82) is 0 Å². The average molecular weight is 291 g/mol. The highest BCUT2D eigenvalue weighted by molar-refractivity contribution is 6.06. The summed E-state index contributed by atoms with van der Waals surface area (Å²) >= 11 is 0. The minimum Gasteiger partial charge on any atom is -0.378 e. The van der Waals surface area contributed by atoms with Gasteiger partial charge in [0.2, 0.25) is 5.91 Å². The third-order valence-corrected chi connectivity index (χ3v) is 3.21. The Hall–Kier alpha value is -2.48. The summed E-state index contributed by atoms with van der Waals surface area (Å²) in [5.74, 6) is -0.233. The van der Waals surface area contributed by atoms with E-state index in [9.17, 15) is 14.9 Å². The molecule has 0 spiro atoms. The normalized spacial score (nSPS) is 17.9. The van der Waals surface area contributed by atoms with Gasteiger partial charge >= 0.3 is 0 Å². The number of nitrogens with two attached hydrogens (primary N) is 1. The van der Waals surface area contributed by atoms with Crippen LogP contribution in [0.1, 0.15) is 18.9 Å². The number of amides is 1. The summed E-state index contributed by atoms with van der Waals surface area (Å²) in [6.07, 6.45) is 0.319. The number of carbonyl (C=O) groups excluding carboxylic acids is 1. The summed E-state index contributed by atoms with van der Waals surface area (Å²) in [7, 11) is 0. The molecule has 1 atom stereocenters. The molecular weight excluding hydrogens is 274 g/mol. The van der Waals surface area contributed by atoms with Crippen molar-refractivity contribution in [2.45, 2.75) is 13.3 Å². The number of hydrogen-bond acceptors (Lipinski definition) is 6. The molecule has 0 fully saturated rings. The van der Waals surface area contributed by atoms with Gasteiger partial charge in [-0.2, -0.15) is 5.10 Å². The Balaban J connectivity index is 2.36. The van der Waals surface area contributed by atoms with Gasteiger partial charge in [-0.3, -0.25) is 14.9 Å². The van der Waals surface area contributed by atoms with Crippen LogP contribution in [0.2, 0.25) is 0 Å². The fourth-order valence-electron chi connectivity index (χ4n) is 2.20. The largest absolute Gasteiger partial charge is 0.378 e. The molecule has 1 aliphatic heterocycles. The second-order valence-corrected chi connectivity index (χ2v) is 4.84. The number of hydrogen-bond donors (Lipinski definition) is 3. The van der Waals surface area contributed by atoms with Gasteiger partial charge in [0, 0.05) is 37.1 Å². The maximum atomic E-state index is 11.2. The predicted octanol–water partition coefficient (Wildman–Crippen LogP) is 0.826. The van der Waals surface area contributed by atoms with Gasteiger partial charge in [0.1, 0.15) is 5.69 Å². The first-order valence-electron chi connectivity index (χ1n) is 6.62. The number of nitro groups is 1. The maximum absolute atomic E-state index is 11.2. The molecule has 1 unspecified atom stereocenters. The molecule has 4 N–H and O–H groups in total. The highest BCUT2D eigenvalue weighted by Gasteiger charge is 2.24. The monoisotopic (exact) mass is 291 g/mol. The van der Waals surface area contributed by atoms with Gasteiger partial charge < -0.3 is 11.1 Å². The van der Waals surface area contributed by atoms with E-state index in [-0.39, 0.29) is 17.5 Å². The molecule has 0 radical (unpaired) electrons. The molecule has 21 heavy (non-hydrogen) atoms. The van der Waals surface area contributed by atoms with Crippen LogP contribution in [0.25, 0.3) is 0 Å². The average Bonchev–Trinajstić information content (AvgIpc) is 2.45. The first-order valence-corrected chi connectivity index (χ1v) is 6.62. The van der Waals surface area contributed by atoms with Crippen molar-refractivity contribution >= 4 is 23.0 Å². The highest BCUT2D eigenvalue weighted by atomic mass is 16.6. The van der Waals surface area contributed by atoms with Crippen LogP contribution in [0.3, 0.4) is 0 Å². The van der Waals surface area contributed by atoms with Gasteiger partial charge in [0.15, 0.2) is 0 Å². The summed E-state index contributed by atoms with van der Waals surface area (Å²) in [5.41, 5.74) is 9.45. The van der Waals surface area contributed by atoms with Gasteiger partial charge in [0.25, 0.3) is 5.69 Å². The third-order valence-electron chi connectivity index (χ3n) is 3.21. The van der Waals surface area contributed by atoms with Crippen LogP contribution in [0, 0.1) is 16.0 Å². The Morgan fingerprint density at radius 2 is 2.33 bits per heavy atom. The number of anilines is 1. The van der Waals surface area contributed by atoms with E-state index in [1.54, 1.807) is 12.1 Å². The molecular formula is C13H17N5O3. The lowest BCUT2D eigenvalue weighted by atomic mass is 9.93. The van der Waals surface area contributed by atoms with Crippen LogP contribution < -0.4 is 16.5 Å². The quantitative estimate of drug-likeness (QED) is 0.547.